The molecule has 2 nitrogen and oxygen atoms in total. The Morgan fingerprint density at radius 2 is 1.77 bits per heavy atom. The van der Waals surface area contributed by atoms with E-state index in [0.717, 1.165) is 23.3 Å². The highest BCUT2D eigenvalue weighted by atomic mass is 32.2. The first-order valence-corrected chi connectivity index (χ1v) is 8.59. The predicted octanol–water partition coefficient (Wildman–Crippen LogP) is 4.35. The van der Waals surface area contributed by atoms with Crippen LogP contribution >= 0.6 is 11.8 Å². The Hall–Kier alpha value is -1.81. The molecule has 1 saturated carbocycles. The first-order chi connectivity index (χ1) is 10.7. The lowest BCUT2D eigenvalue weighted by Crippen LogP contribution is -2.32. The maximum atomic E-state index is 13.0. The Morgan fingerprint density at radius 1 is 1.14 bits per heavy atom. The van der Waals surface area contributed by atoms with E-state index in [2.05, 4.69) is 0 Å². The van der Waals surface area contributed by atoms with Gasteiger partial charge < -0.3 is 4.90 Å². The van der Waals surface area contributed by atoms with Crippen LogP contribution in [0.3, 0.4) is 0 Å². The van der Waals surface area contributed by atoms with Crippen molar-refractivity contribution in [3.05, 3.63) is 65.5 Å². The third-order valence-electron chi connectivity index (χ3n) is 3.85. The average Bonchev–Trinajstić information content (AvgIpc) is 3.38. The molecule has 114 valence electrons. The van der Waals surface area contributed by atoms with Crippen LogP contribution < -0.4 is 0 Å². The zero-order valence-corrected chi connectivity index (χ0v) is 13.3. The number of carbonyl (C=O) groups excluding carboxylic acids is 1. The summed E-state index contributed by atoms with van der Waals surface area (Å²) in [7, 11) is 0. The van der Waals surface area contributed by atoms with Gasteiger partial charge in [-0.2, -0.15) is 0 Å². The minimum Gasteiger partial charge on any atom is -0.331 e. The molecule has 1 fully saturated rings. The van der Waals surface area contributed by atoms with Gasteiger partial charge in [0.05, 0.1) is 0 Å². The van der Waals surface area contributed by atoms with Crippen LogP contribution in [-0.2, 0) is 6.54 Å². The third kappa shape index (κ3) is 3.50. The van der Waals surface area contributed by atoms with Crippen LogP contribution in [0.15, 0.2) is 53.4 Å². The van der Waals surface area contributed by atoms with E-state index in [0.29, 0.717) is 18.2 Å². The lowest BCUT2D eigenvalue weighted by molar-refractivity contribution is 0.0730. The number of thioether (sulfide) groups is 1. The average molecular weight is 315 g/mol. The molecular weight excluding hydrogens is 297 g/mol. The van der Waals surface area contributed by atoms with E-state index < -0.39 is 0 Å². The lowest BCUT2D eigenvalue weighted by Gasteiger charge is -2.23. The molecule has 0 radical (unpaired) electrons. The second kappa shape index (κ2) is 6.53. The van der Waals surface area contributed by atoms with Gasteiger partial charge in [0.25, 0.3) is 5.91 Å². The molecule has 0 heterocycles. The molecule has 0 bridgehead atoms. The Labute approximate surface area is 134 Å². The van der Waals surface area contributed by atoms with Gasteiger partial charge in [-0.3, -0.25) is 4.79 Å². The van der Waals surface area contributed by atoms with Crippen molar-refractivity contribution in [1.82, 2.24) is 4.90 Å². The van der Waals surface area contributed by atoms with Gasteiger partial charge in [0.1, 0.15) is 5.82 Å². The summed E-state index contributed by atoms with van der Waals surface area (Å²) in [5.74, 6) is -0.194. The first-order valence-electron chi connectivity index (χ1n) is 7.37. The molecule has 3 rings (SSSR count). The van der Waals surface area contributed by atoms with Crippen molar-refractivity contribution in [2.45, 2.75) is 30.3 Å². The highest BCUT2D eigenvalue weighted by Gasteiger charge is 2.33. The Morgan fingerprint density at radius 3 is 2.32 bits per heavy atom. The van der Waals surface area contributed by atoms with Crippen molar-refractivity contribution in [2.75, 3.05) is 6.26 Å². The summed E-state index contributed by atoms with van der Waals surface area (Å²) in [5, 5.41) is 0. The Balaban J connectivity index is 1.77. The molecule has 0 N–H and O–H groups in total. The number of amides is 1. The molecule has 22 heavy (non-hydrogen) atoms. The maximum absolute atomic E-state index is 13.0. The molecule has 1 aliphatic rings. The molecule has 1 aliphatic carbocycles. The number of benzene rings is 2. The standard InChI is InChI=1S/C18H18FNOS/c1-22-17-10-4-14(5-11-17)18(21)20(16-8-9-16)12-13-2-6-15(19)7-3-13/h2-7,10-11,16H,8-9,12H2,1H3. The summed E-state index contributed by atoms with van der Waals surface area (Å²) >= 11 is 1.66. The molecular formula is C18H18FNOS. The number of carbonyl (C=O) groups is 1. The van der Waals surface area contributed by atoms with E-state index >= 15 is 0 Å². The van der Waals surface area contributed by atoms with Crippen LogP contribution in [0.4, 0.5) is 4.39 Å². The minimum atomic E-state index is -0.249. The quantitative estimate of drug-likeness (QED) is 0.764. The predicted molar refractivity (Wildman–Crippen MR) is 87.5 cm³/mol. The lowest BCUT2D eigenvalue weighted by atomic mass is 10.1. The Bertz CT molecular complexity index is 650. The van der Waals surface area contributed by atoms with Crippen LogP contribution in [0.1, 0.15) is 28.8 Å². The van der Waals surface area contributed by atoms with Gasteiger partial charge in [-0.25, -0.2) is 4.39 Å². The maximum Gasteiger partial charge on any atom is 0.254 e. The summed E-state index contributed by atoms with van der Waals surface area (Å²) in [4.78, 5) is 15.8. The van der Waals surface area contributed by atoms with E-state index in [1.165, 1.54) is 12.1 Å². The number of hydrogen-bond acceptors (Lipinski definition) is 2. The van der Waals surface area contributed by atoms with Gasteiger partial charge in [-0.05, 0) is 61.1 Å². The molecule has 0 unspecified atom stereocenters. The van der Waals surface area contributed by atoms with E-state index in [9.17, 15) is 9.18 Å². The van der Waals surface area contributed by atoms with Crippen LogP contribution in [-0.4, -0.2) is 23.1 Å². The van der Waals surface area contributed by atoms with E-state index in [1.54, 1.807) is 23.9 Å². The number of hydrogen-bond donors (Lipinski definition) is 0. The van der Waals surface area contributed by atoms with Crippen molar-refractivity contribution in [1.29, 1.82) is 0 Å². The van der Waals surface area contributed by atoms with Gasteiger partial charge in [0, 0.05) is 23.0 Å². The normalized spacial score (nSPS) is 13.9. The van der Waals surface area contributed by atoms with Gasteiger partial charge >= 0.3 is 0 Å². The molecule has 2 aromatic rings. The topological polar surface area (TPSA) is 20.3 Å². The SMILES string of the molecule is CSc1ccc(C(=O)N(Cc2ccc(F)cc2)C2CC2)cc1. The van der Waals surface area contributed by atoms with E-state index in [1.807, 2.05) is 35.4 Å². The van der Waals surface area contributed by atoms with Gasteiger partial charge in [-0.1, -0.05) is 12.1 Å². The summed E-state index contributed by atoms with van der Waals surface area (Å²) in [6, 6.07) is 14.4. The number of halogens is 1. The highest BCUT2D eigenvalue weighted by molar-refractivity contribution is 7.98. The van der Waals surface area contributed by atoms with Crippen LogP contribution in [0.2, 0.25) is 0 Å². The van der Waals surface area contributed by atoms with E-state index in [4.69, 9.17) is 0 Å². The molecule has 0 aromatic heterocycles. The van der Waals surface area contributed by atoms with Crippen molar-refractivity contribution in [3.63, 3.8) is 0 Å². The summed E-state index contributed by atoms with van der Waals surface area (Å²) < 4.78 is 13.0. The zero-order chi connectivity index (χ0) is 15.5. The largest absolute Gasteiger partial charge is 0.331 e. The van der Waals surface area contributed by atoms with Crippen molar-refractivity contribution >= 4 is 17.7 Å². The molecule has 0 spiro atoms. The van der Waals surface area contributed by atoms with Crippen LogP contribution in [0.5, 0.6) is 0 Å². The fourth-order valence-corrected chi connectivity index (χ4v) is 2.85. The summed E-state index contributed by atoms with van der Waals surface area (Å²) in [6.07, 6.45) is 4.12. The second-order valence-electron chi connectivity index (χ2n) is 5.52. The minimum absolute atomic E-state index is 0.0551. The summed E-state index contributed by atoms with van der Waals surface area (Å²) in [5.41, 5.74) is 1.68. The van der Waals surface area contributed by atoms with Crippen molar-refractivity contribution in [2.24, 2.45) is 0 Å². The van der Waals surface area contributed by atoms with Gasteiger partial charge in [0.2, 0.25) is 0 Å². The zero-order valence-electron chi connectivity index (χ0n) is 12.5. The molecule has 0 aliphatic heterocycles. The highest BCUT2D eigenvalue weighted by Crippen LogP contribution is 2.30. The van der Waals surface area contributed by atoms with Crippen LogP contribution in [0.25, 0.3) is 0 Å². The van der Waals surface area contributed by atoms with Gasteiger partial charge in [-0.15, -0.1) is 11.8 Å². The van der Waals surface area contributed by atoms with Crippen molar-refractivity contribution in [3.8, 4) is 0 Å². The van der Waals surface area contributed by atoms with Crippen molar-refractivity contribution < 1.29 is 9.18 Å². The monoisotopic (exact) mass is 315 g/mol. The first kappa shape index (κ1) is 15.1. The Kier molecular flexibility index (Phi) is 4.48. The smallest absolute Gasteiger partial charge is 0.254 e. The molecule has 1 amide bonds. The fraction of sp³-hybridized carbons (Fsp3) is 0.278. The van der Waals surface area contributed by atoms with E-state index in [-0.39, 0.29) is 11.7 Å². The molecule has 0 atom stereocenters. The van der Waals surface area contributed by atoms with Crippen LogP contribution in [0, 0.1) is 5.82 Å². The summed E-state index contributed by atoms with van der Waals surface area (Å²) in [6.45, 7) is 0.536. The fourth-order valence-electron chi connectivity index (χ4n) is 2.44. The number of rotatable bonds is 5. The number of nitrogens with zero attached hydrogens (tertiary/aromatic N) is 1. The van der Waals surface area contributed by atoms with Gasteiger partial charge in [0.15, 0.2) is 0 Å². The second-order valence-corrected chi connectivity index (χ2v) is 6.40. The molecule has 2 aromatic carbocycles. The molecule has 4 heteroatoms. The molecule has 0 saturated heterocycles. The third-order valence-corrected chi connectivity index (χ3v) is 4.60.